The molecule has 1 aromatic carbocycles. The van der Waals surface area contributed by atoms with Gasteiger partial charge < -0.3 is 9.64 Å². The maximum atomic E-state index is 11.9. The van der Waals surface area contributed by atoms with Crippen molar-refractivity contribution in [3.63, 3.8) is 0 Å². The Morgan fingerprint density at radius 3 is 3.12 bits per heavy atom. The molecular formula is C12H14ClNO2. The summed E-state index contributed by atoms with van der Waals surface area (Å²) in [6.45, 7) is 3.15. The van der Waals surface area contributed by atoms with E-state index in [4.69, 9.17) is 16.3 Å². The molecule has 86 valence electrons. The average Bonchev–Trinajstić information content (AvgIpc) is 2.28. The Bertz CT molecular complexity index is 406. The smallest absolute Gasteiger partial charge is 0.227 e. The highest BCUT2D eigenvalue weighted by Crippen LogP contribution is 2.34. The summed E-state index contributed by atoms with van der Waals surface area (Å²) in [5.41, 5.74) is 0.789. The normalized spacial score (nSPS) is 14.2. The van der Waals surface area contributed by atoms with Gasteiger partial charge in [0.05, 0.1) is 12.2 Å². The molecule has 0 aliphatic carbocycles. The molecule has 0 spiro atoms. The van der Waals surface area contributed by atoms with Crippen molar-refractivity contribution in [1.82, 2.24) is 0 Å². The standard InChI is InChI=1S/C12H14ClNO2/c1-2-3-12(15)14-6-7-16-11-5-4-9(13)8-10(11)14/h4-5,8H,2-3,6-7H2,1H3. The molecule has 0 fully saturated rings. The minimum absolute atomic E-state index is 0.134. The molecule has 16 heavy (non-hydrogen) atoms. The number of fused-ring (bicyclic) bond motifs is 1. The SMILES string of the molecule is CCCC(=O)N1CCOc2ccc(Cl)cc21. The van der Waals surface area contributed by atoms with Gasteiger partial charge in [0.15, 0.2) is 0 Å². The molecule has 4 heteroatoms. The highest BCUT2D eigenvalue weighted by atomic mass is 35.5. The number of anilines is 1. The van der Waals surface area contributed by atoms with Gasteiger partial charge in [-0.05, 0) is 24.6 Å². The molecule has 0 atom stereocenters. The Morgan fingerprint density at radius 1 is 1.56 bits per heavy atom. The number of benzene rings is 1. The van der Waals surface area contributed by atoms with Crippen molar-refractivity contribution in [2.45, 2.75) is 19.8 Å². The number of halogens is 1. The van der Waals surface area contributed by atoms with Crippen molar-refractivity contribution in [3.8, 4) is 5.75 Å². The lowest BCUT2D eigenvalue weighted by Gasteiger charge is -2.29. The van der Waals surface area contributed by atoms with Crippen LogP contribution in [0.5, 0.6) is 5.75 Å². The number of ether oxygens (including phenoxy) is 1. The third-order valence-corrected chi connectivity index (χ3v) is 2.78. The fourth-order valence-corrected chi connectivity index (χ4v) is 1.97. The first-order valence-electron chi connectivity index (χ1n) is 5.45. The van der Waals surface area contributed by atoms with Crippen LogP contribution in [0.4, 0.5) is 5.69 Å². The molecule has 1 amide bonds. The zero-order chi connectivity index (χ0) is 11.5. The summed E-state index contributed by atoms with van der Waals surface area (Å²) in [4.78, 5) is 13.7. The maximum absolute atomic E-state index is 11.9. The summed E-state index contributed by atoms with van der Waals surface area (Å²) < 4.78 is 5.48. The van der Waals surface area contributed by atoms with Crippen molar-refractivity contribution in [3.05, 3.63) is 23.2 Å². The zero-order valence-electron chi connectivity index (χ0n) is 9.20. The molecule has 1 aromatic rings. The molecule has 1 aliphatic rings. The van der Waals surface area contributed by atoms with E-state index in [0.717, 1.165) is 17.9 Å². The van der Waals surface area contributed by atoms with Crippen LogP contribution in [0.15, 0.2) is 18.2 Å². The van der Waals surface area contributed by atoms with E-state index in [-0.39, 0.29) is 5.91 Å². The number of carbonyl (C=O) groups is 1. The Kier molecular flexibility index (Phi) is 3.34. The molecule has 0 unspecified atom stereocenters. The van der Waals surface area contributed by atoms with Crippen LogP contribution >= 0.6 is 11.6 Å². The highest BCUT2D eigenvalue weighted by molar-refractivity contribution is 6.31. The molecule has 0 saturated carbocycles. The Hall–Kier alpha value is -1.22. The number of nitrogens with zero attached hydrogens (tertiary/aromatic N) is 1. The van der Waals surface area contributed by atoms with Crippen LogP contribution in [0.25, 0.3) is 0 Å². The molecular weight excluding hydrogens is 226 g/mol. The minimum Gasteiger partial charge on any atom is -0.490 e. The van der Waals surface area contributed by atoms with Gasteiger partial charge in [0.1, 0.15) is 12.4 Å². The molecule has 0 radical (unpaired) electrons. The fourth-order valence-electron chi connectivity index (χ4n) is 1.80. The van der Waals surface area contributed by atoms with Gasteiger partial charge in [-0.25, -0.2) is 0 Å². The predicted molar refractivity (Wildman–Crippen MR) is 64.2 cm³/mol. The van der Waals surface area contributed by atoms with Crippen molar-refractivity contribution in [2.75, 3.05) is 18.1 Å². The van der Waals surface area contributed by atoms with E-state index in [1.807, 2.05) is 13.0 Å². The lowest BCUT2D eigenvalue weighted by Crippen LogP contribution is -2.37. The molecule has 1 heterocycles. The van der Waals surface area contributed by atoms with Gasteiger partial charge >= 0.3 is 0 Å². The second-order valence-corrected chi connectivity index (χ2v) is 4.19. The first kappa shape index (κ1) is 11.3. The molecule has 0 aromatic heterocycles. The van der Waals surface area contributed by atoms with E-state index in [0.29, 0.717) is 24.6 Å². The minimum atomic E-state index is 0.134. The topological polar surface area (TPSA) is 29.5 Å². The first-order valence-corrected chi connectivity index (χ1v) is 5.83. The van der Waals surface area contributed by atoms with Gasteiger partial charge in [-0.2, -0.15) is 0 Å². The predicted octanol–water partition coefficient (Wildman–Crippen LogP) is 2.87. The molecule has 0 N–H and O–H groups in total. The van der Waals surface area contributed by atoms with Crippen LogP contribution in [0.1, 0.15) is 19.8 Å². The number of hydrogen-bond acceptors (Lipinski definition) is 2. The van der Waals surface area contributed by atoms with Gasteiger partial charge in [0.2, 0.25) is 5.91 Å². The largest absolute Gasteiger partial charge is 0.490 e. The van der Waals surface area contributed by atoms with E-state index in [1.54, 1.807) is 17.0 Å². The van der Waals surface area contributed by atoms with E-state index in [9.17, 15) is 4.79 Å². The van der Waals surface area contributed by atoms with Gasteiger partial charge in [-0.15, -0.1) is 0 Å². The average molecular weight is 240 g/mol. The maximum Gasteiger partial charge on any atom is 0.227 e. The number of amides is 1. The van der Waals surface area contributed by atoms with Crippen LogP contribution in [-0.4, -0.2) is 19.1 Å². The van der Waals surface area contributed by atoms with Crippen molar-refractivity contribution in [2.24, 2.45) is 0 Å². The van der Waals surface area contributed by atoms with Crippen LogP contribution in [0, 0.1) is 0 Å². The lowest BCUT2D eigenvalue weighted by atomic mass is 10.2. The monoisotopic (exact) mass is 239 g/mol. The molecule has 1 aliphatic heterocycles. The van der Waals surface area contributed by atoms with Crippen LogP contribution in [0.3, 0.4) is 0 Å². The van der Waals surface area contributed by atoms with Crippen molar-refractivity contribution >= 4 is 23.2 Å². The third-order valence-electron chi connectivity index (χ3n) is 2.55. The third kappa shape index (κ3) is 2.14. The molecule has 3 nitrogen and oxygen atoms in total. The number of hydrogen-bond donors (Lipinski definition) is 0. The summed E-state index contributed by atoms with van der Waals surface area (Å²) in [6.07, 6.45) is 1.41. The van der Waals surface area contributed by atoms with E-state index >= 15 is 0 Å². The van der Waals surface area contributed by atoms with Gasteiger partial charge in [-0.3, -0.25) is 4.79 Å². The molecule has 0 bridgehead atoms. The van der Waals surface area contributed by atoms with Crippen LogP contribution in [-0.2, 0) is 4.79 Å². The Balaban J connectivity index is 2.31. The lowest BCUT2D eigenvalue weighted by molar-refractivity contribution is -0.118. The summed E-state index contributed by atoms with van der Waals surface area (Å²) >= 11 is 5.93. The molecule has 2 rings (SSSR count). The second-order valence-electron chi connectivity index (χ2n) is 3.76. The summed E-state index contributed by atoms with van der Waals surface area (Å²) in [7, 11) is 0. The van der Waals surface area contributed by atoms with Crippen molar-refractivity contribution < 1.29 is 9.53 Å². The van der Waals surface area contributed by atoms with Crippen LogP contribution < -0.4 is 9.64 Å². The van der Waals surface area contributed by atoms with E-state index in [2.05, 4.69) is 0 Å². The summed E-state index contributed by atoms with van der Waals surface area (Å²) in [5, 5.41) is 0.624. The zero-order valence-corrected chi connectivity index (χ0v) is 9.96. The van der Waals surface area contributed by atoms with Gasteiger partial charge in [0, 0.05) is 11.4 Å². The van der Waals surface area contributed by atoms with Gasteiger partial charge in [-0.1, -0.05) is 18.5 Å². The summed E-state index contributed by atoms with van der Waals surface area (Å²) in [5.74, 6) is 0.870. The number of carbonyl (C=O) groups excluding carboxylic acids is 1. The van der Waals surface area contributed by atoms with Crippen LogP contribution in [0.2, 0.25) is 5.02 Å². The van der Waals surface area contributed by atoms with E-state index < -0.39 is 0 Å². The Morgan fingerprint density at radius 2 is 2.38 bits per heavy atom. The first-order chi connectivity index (χ1) is 7.72. The van der Waals surface area contributed by atoms with Gasteiger partial charge in [0.25, 0.3) is 0 Å². The highest BCUT2D eigenvalue weighted by Gasteiger charge is 2.22. The molecule has 0 saturated heterocycles. The second kappa shape index (κ2) is 4.74. The quantitative estimate of drug-likeness (QED) is 0.794. The Labute approximate surface area is 100.0 Å². The van der Waals surface area contributed by atoms with Crippen molar-refractivity contribution in [1.29, 1.82) is 0 Å². The van der Waals surface area contributed by atoms with E-state index in [1.165, 1.54) is 0 Å². The fraction of sp³-hybridized carbons (Fsp3) is 0.417. The summed E-state index contributed by atoms with van der Waals surface area (Å²) in [6, 6.07) is 5.36. The number of rotatable bonds is 2.